The topological polar surface area (TPSA) is 73.3 Å². The molecule has 0 spiro atoms. The number of para-hydroxylation sites is 3. The van der Waals surface area contributed by atoms with E-state index < -0.39 is 0 Å². The van der Waals surface area contributed by atoms with Crippen molar-refractivity contribution in [1.29, 1.82) is 0 Å². The van der Waals surface area contributed by atoms with Crippen LogP contribution in [0.2, 0.25) is 0 Å². The average Bonchev–Trinajstić information content (AvgIpc) is 3.49. The predicted octanol–water partition coefficient (Wildman–Crippen LogP) is 8.36. The SMILES string of the molecule is S=c1c2ccccc2nc2c3nc4ccccc4n3c3cc(-c4nc(-c5ccccc5)nc(-c5ccccc5)n4)ccc3n12. The van der Waals surface area contributed by atoms with Gasteiger partial charge < -0.3 is 0 Å². The van der Waals surface area contributed by atoms with Gasteiger partial charge in [-0.05, 0) is 42.5 Å². The minimum absolute atomic E-state index is 0.581. The molecule has 4 aromatic heterocycles. The summed E-state index contributed by atoms with van der Waals surface area (Å²) in [6.07, 6.45) is 0. The van der Waals surface area contributed by atoms with Crippen LogP contribution in [0.3, 0.4) is 0 Å². The summed E-state index contributed by atoms with van der Waals surface area (Å²) in [5.41, 5.74) is 8.70. The van der Waals surface area contributed by atoms with Crippen molar-refractivity contribution in [2.75, 3.05) is 0 Å². The maximum absolute atomic E-state index is 6.09. The molecule has 7 nitrogen and oxygen atoms in total. The van der Waals surface area contributed by atoms with Crippen molar-refractivity contribution in [2.24, 2.45) is 0 Å². The van der Waals surface area contributed by atoms with E-state index in [1.165, 1.54) is 0 Å². The first-order chi connectivity index (χ1) is 21.7. The standard InChI is InChI=1S/C36H21N7S/c44-36-25-15-7-8-16-26(25)37-35-34-38-27-17-9-10-18-28(27)42(34)30-21-24(19-20-29(30)43(35)36)33-40-31(22-11-3-1-4-12-22)39-32(41-33)23-13-5-2-6-14-23/h1-21H. The fourth-order valence-corrected chi connectivity index (χ4v) is 6.25. The molecular weight excluding hydrogens is 563 g/mol. The third kappa shape index (κ3) is 3.75. The molecule has 0 aliphatic carbocycles. The normalized spacial score (nSPS) is 11.7. The van der Waals surface area contributed by atoms with E-state index in [-0.39, 0.29) is 0 Å². The summed E-state index contributed by atoms with van der Waals surface area (Å²) in [6.45, 7) is 0. The number of fused-ring (bicyclic) bond motifs is 9. The Morgan fingerprint density at radius 3 is 1.66 bits per heavy atom. The quantitative estimate of drug-likeness (QED) is 0.118. The van der Waals surface area contributed by atoms with Crippen LogP contribution in [0.4, 0.5) is 0 Å². The van der Waals surface area contributed by atoms with Crippen molar-refractivity contribution in [2.45, 2.75) is 0 Å². The maximum atomic E-state index is 6.09. The number of hydrogen-bond donors (Lipinski definition) is 0. The van der Waals surface area contributed by atoms with Crippen molar-refractivity contribution in [3.63, 3.8) is 0 Å². The van der Waals surface area contributed by atoms with E-state index in [0.717, 1.165) is 55.3 Å². The van der Waals surface area contributed by atoms with Gasteiger partial charge in [-0.15, -0.1) is 0 Å². The van der Waals surface area contributed by atoms with E-state index in [2.05, 4.69) is 22.6 Å². The summed E-state index contributed by atoms with van der Waals surface area (Å²) in [4.78, 5) is 24.9. The lowest BCUT2D eigenvalue weighted by Gasteiger charge is -2.13. The van der Waals surface area contributed by atoms with Crippen molar-refractivity contribution in [3.8, 4) is 34.2 Å². The molecule has 0 aliphatic heterocycles. The highest BCUT2D eigenvalue weighted by atomic mass is 32.1. The second kappa shape index (κ2) is 9.58. The van der Waals surface area contributed by atoms with Crippen LogP contribution in [0, 0.1) is 4.64 Å². The molecule has 0 atom stereocenters. The molecule has 0 aliphatic rings. The Bertz CT molecular complexity index is 2570. The summed E-state index contributed by atoms with van der Waals surface area (Å²) >= 11 is 6.09. The highest BCUT2D eigenvalue weighted by Gasteiger charge is 2.18. The molecule has 5 aromatic carbocycles. The lowest BCUT2D eigenvalue weighted by molar-refractivity contribution is 1.07. The minimum Gasteiger partial charge on any atom is -0.288 e. The molecule has 0 amide bonds. The van der Waals surface area contributed by atoms with E-state index >= 15 is 0 Å². The monoisotopic (exact) mass is 583 g/mol. The lowest BCUT2D eigenvalue weighted by atomic mass is 10.1. The summed E-state index contributed by atoms with van der Waals surface area (Å²) in [6, 6.07) is 42.3. The van der Waals surface area contributed by atoms with Crippen LogP contribution in [0.15, 0.2) is 127 Å². The Kier molecular flexibility index (Phi) is 5.38. The number of benzene rings is 5. The fourth-order valence-electron chi connectivity index (χ4n) is 5.89. The van der Waals surface area contributed by atoms with Crippen LogP contribution >= 0.6 is 12.2 Å². The van der Waals surface area contributed by atoms with Gasteiger partial charge in [0.1, 0.15) is 4.64 Å². The summed E-state index contributed by atoms with van der Waals surface area (Å²) in [5, 5.41) is 0.920. The van der Waals surface area contributed by atoms with Gasteiger partial charge in [0.15, 0.2) is 28.8 Å². The molecule has 4 heterocycles. The average molecular weight is 584 g/mol. The van der Waals surface area contributed by atoms with Gasteiger partial charge in [0.05, 0.1) is 27.6 Å². The van der Waals surface area contributed by atoms with Crippen LogP contribution in [0.25, 0.3) is 78.4 Å². The Morgan fingerprint density at radius 2 is 0.955 bits per heavy atom. The molecular formula is C36H21N7S. The molecule has 0 saturated carbocycles. The van der Waals surface area contributed by atoms with Gasteiger partial charge in [0.25, 0.3) is 0 Å². The Morgan fingerprint density at radius 1 is 0.409 bits per heavy atom. The van der Waals surface area contributed by atoms with Crippen LogP contribution < -0.4 is 0 Å². The number of aromatic nitrogens is 7. The largest absolute Gasteiger partial charge is 0.288 e. The van der Waals surface area contributed by atoms with Crippen LogP contribution in [0.5, 0.6) is 0 Å². The van der Waals surface area contributed by atoms with Gasteiger partial charge in [-0.25, -0.2) is 24.9 Å². The molecule has 44 heavy (non-hydrogen) atoms. The predicted molar refractivity (Wildman–Crippen MR) is 177 cm³/mol. The van der Waals surface area contributed by atoms with E-state index in [0.29, 0.717) is 27.8 Å². The van der Waals surface area contributed by atoms with Crippen LogP contribution in [0.1, 0.15) is 0 Å². The first-order valence-corrected chi connectivity index (χ1v) is 14.7. The van der Waals surface area contributed by atoms with Crippen molar-refractivity contribution in [3.05, 3.63) is 132 Å². The van der Waals surface area contributed by atoms with E-state index in [1.807, 2.05) is 114 Å². The number of rotatable bonds is 3. The smallest absolute Gasteiger partial charge is 0.183 e. The van der Waals surface area contributed by atoms with Gasteiger partial charge in [-0.3, -0.25) is 8.80 Å². The zero-order valence-electron chi connectivity index (χ0n) is 23.2. The molecule has 9 aromatic rings. The van der Waals surface area contributed by atoms with Crippen molar-refractivity contribution in [1.82, 2.24) is 33.7 Å². The molecule has 0 saturated heterocycles. The van der Waals surface area contributed by atoms with Gasteiger partial charge >= 0.3 is 0 Å². The summed E-state index contributed by atoms with van der Waals surface area (Å²) < 4.78 is 4.89. The molecule has 206 valence electrons. The minimum atomic E-state index is 0.581. The van der Waals surface area contributed by atoms with Crippen LogP contribution in [-0.2, 0) is 0 Å². The number of nitrogens with zero attached hydrogens (tertiary/aromatic N) is 7. The number of imidazole rings is 1. The maximum Gasteiger partial charge on any atom is 0.183 e. The van der Waals surface area contributed by atoms with Crippen molar-refractivity contribution < 1.29 is 0 Å². The van der Waals surface area contributed by atoms with Gasteiger partial charge in [0.2, 0.25) is 0 Å². The van der Waals surface area contributed by atoms with Gasteiger partial charge in [-0.2, -0.15) is 0 Å². The third-order valence-corrected chi connectivity index (χ3v) is 8.35. The van der Waals surface area contributed by atoms with Gasteiger partial charge in [-0.1, -0.05) is 97.1 Å². The lowest BCUT2D eigenvalue weighted by Crippen LogP contribution is -2.04. The van der Waals surface area contributed by atoms with E-state index in [1.54, 1.807) is 0 Å². The Labute approximate surface area is 255 Å². The highest BCUT2D eigenvalue weighted by Crippen LogP contribution is 2.32. The molecule has 0 fully saturated rings. The molecule has 0 radical (unpaired) electrons. The Balaban J connectivity index is 1.39. The fraction of sp³-hybridized carbons (Fsp3) is 0. The third-order valence-electron chi connectivity index (χ3n) is 7.95. The van der Waals surface area contributed by atoms with E-state index in [4.69, 9.17) is 37.1 Å². The molecule has 8 heteroatoms. The Hall–Kier alpha value is -5.86. The molecule has 0 unspecified atom stereocenters. The highest BCUT2D eigenvalue weighted by molar-refractivity contribution is 7.71. The van der Waals surface area contributed by atoms with Crippen molar-refractivity contribution >= 4 is 56.5 Å². The van der Waals surface area contributed by atoms with Crippen LogP contribution in [-0.4, -0.2) is 33.7 Å². The molecule has 0 N–H and O–H groups in total. The molecule has 9 rings (SSSR count). The van der Waals surface area contributed by atoms with E-state index in [9.17, 15) is 0 Å². The second-order valence-electron chi connectivity index (χ2n) is 10.6. The molecule has 0 bridgehead atoms. The zero-order valence-corrected chi connectivity index (χ0v) is 24.0. The first-order valence-electron chi connectivity index (χ1n) is 14.2. The second-order valence-corrected chi connectivity index (χ2v) is 11.0. The van der Waals surface area contributed by atoms with Gasteiger partial charge in [0, 0.05) is 22.1 Å². The zero-order chi connectivity index (χ0) is 29.2. The number of hydrogen-bond acceptors (Lipinski definition) is 6. The first kappa shape index (κ1) is 24.7. The summed E-state index contributed by atoms with van der Waals surface area (Å²) in [7, 11) is 0. The summed E-state index contributed by atoms with van der Waals surface area (Å²) in [5.74, 6) is 1.81.